The molecule has 0 radical (unpaired) electrons. The van der Waals surface area contributed by atoms with E-state index in [9.17, 15) is 9.59 Å². The van der Waals surface area contributed by atoms with Crippen molar-refractivity contribution in [1.29, 1.82) is 0 Å². The number of carbonyl (C=O) groups excluding carboxylic acids is 1. The standard InChI is InChI=1S/C25H28N2O5/c1-16-17(2)25(29)32-24-18(3)22(9-8-21(16)24)31-15-23(28)26-20-6-4-19(5-7-20)14-27-10-12-30-13-11-27/h4-9H,10-15H2,1-3H3,(H,26,28). The van der Waals surface area contributed by atoms with Crippen LogP contribution in [0.1, 0.15) is 22.3 Å². The molecule has 7 heteroatoms. The molecule has 1 N–H and O–H groups in total. The molecule has 1 saturated heterocycles. The van der Waals surface area contributed by atoms with Crippen molar-refractivity contribution in [3.63, 3.8) is 0 Å². The summed E-state index contributed by atoms with van der Waals surface area (Å²) >= 11 is 0. The Bertz CT molecular complexity index is 1180. The van der Waals surface area contributed by atoms with Crippen molar-refractivity contribution in [1.82, 2.24) is 4.90 Å². The highest BCUT2D eigenvalue weighted by Gasteiger charge is 2.14. The molecule has 3 aromatic rings. The van der Waals surface area contributed by atoms with E-state index < -0.39 is 0 Å². The normalized spacial score (nSPS) is 14.5. The van der Waals surface area contributed by atoms with E-state index in [4.69, 9.17) is 13.9 Å². The van der Waals surface area contributed by atoms with Gasteiger partial charge in [0.25, 0.3) is 5.91 Å². The van der Waals surface area contributed by atoms with Gasteiger partial charge in [0.15, 0.2) is 6.61 Å². The van der Waals surface area contributed by atoms with E-state index in [0.29, 0.717) is 22.5 Å². The molecular weight excluding hydrogens is 408 g/mol. The van der Waals surface area contributed by atoms with Gasteiger partial charge in [0.1, 0.15) is 11.3 Å². The summed E-state index contributed by atoms with van der Waals surface area (Å²) in [6.07, 6.45) is 0. The second-order valence-electron chi connectivity index (χ2n) is 8.13. The topological polar surface area (TPSA) is 81.0 Å². The lowest BCUT2D eigenvalue weighted by Gasteiger charge is -2.26. The van der Waals surface area contributed by atoms with Crippen LogP contribution in [0.3, 0.4) is 0 Å². The fourth-order valence-electron chi connectivity index (χ4n) is 3.83. The molecule has 1 amide bonds. The van der Waals surface area contributed by atoms with Gasteiger partial charge in [-0.15, -0.1) is 0 Å². The van der Waals surface area contributed by atoms with Crippen LogP contribution in [0.4, 0.5) is 5.69 Å². The Morgan fingerprint density at radius 3 is 2.44 bits per heavy atom. The number of hydrogen-bond acceptors (Lipinski definition) is 6. The van der Waals surface area contributed by atoms with Crippen molar-refractivity contribution < 1.29 is 18.7 Å². The SMILES string of the molecule is Cc1c(C)c2ccc(OCC(=O)Nc3ccc(CN4CCOCC4)cc3)c(C)c2oc1=O. The van der Waals surface area contributed by atoms with Crippen LogP contribution in [0.2, 0.25) is 0 Å². The van der Waals surface area contributed by atoms with Crippen LogP contribution >= 0.6 is 0 Å². The molecule has 1 aliphatic rings. The van der Waals surface area contributed by atoms with Gasteiger partial charge in [-0.2, -0.15) is 0 Å². The third kappa shape index (κ3) is 4.84. The molecule has 0 spiro atoms. The van der Waals surface area contributed by atoms with Gasteiger partial charge in [-0.3, -0.25) is 9.69 Å². The number of anilines is 1. The van der Waals surface area contributed by atoms with Gasteiger partial charge in [-0.25, -0.2) is 4.79 Å². The average molecular weight is 437 g/mol. The number of morpholine rings is 1. The first-order valence-corrected chi connectivity index (χ1v) is 10.8. The number of aryl methyl sites for hydroxylation is 2. The molecule has 4 rings (SSSR count). The quantitative estimate of drug-likeness (QED) is 0.595. The molecule has 0 atom stereocenters. The number of rotatable bonds is 6. The Balaban J connectivity index is 1.36. The zero-order valence-corrected chi connectivity index (χ0v) is 18.7. The van der Waals surface area contributed by atoms with Gasteiger partial charge in [0.05, 0.1) is 13.2 Å². The fourth-order valence-corrected chi connectivity index (χ4v) is 3.83. The molecule has 1 aliphatic heterocycles. The van der Waals surface area contributed by atoms with Crippen molar-refractivity contribution in [3.8, 4) is 5.75 Å². The van der Waals surface area contributed by atoms with Crippen molar-refractivity contribution in [2.45, 2.75) is 27.3 Å². The number of nitrogens with zero attached hydrogens (tertiary/aromatic N) is 1. The second kappa shape index (κ2) is 9.54. The van der Waals surface area contributed by atoms with Crippen molar-refractivity contribution in [2.24, 2.45) is 0 Å². The number of amides is 1. The number of nitrogens with one attached hydrogen (secondary N) is 1. The minimum atomic E-state index is -0.356. The first-order chi connectivity index (χ1) is 15.4. The van der Waals surface area contributed by atoms with E-state index in [2.05, 4.69) is 10.2 Å². The number of carbonyl (C=O) groups is 1. The first kappa shape index (κ1) is 22.0. The summed E-state index contributed by atoms with van der Waals surface area (Å²) in [5.41, 5.74) is 4.23. The van der Waals surface area contributed by atoms with Gasteiger partial charge < -0.3 is 19.2 Å². The second-order valence-corrected chi connectivity index (χ2v) is 8.13. The van der Waals surface area contributed by atoms with E-state index in [1.54, 1.807) is 13.0 Å². The Hall–Kier alpha value is -3.16. The highest BCUT2D eigenvalue weighted by atomic mass is 16.5. The lowest BCUT2D eigenvalue weighted by molar-refractivity contribution is -0.118. The number of hydrogen-bond donors (Lipinski definition) is 1. The molecule has 2 aromatic carbocycles. The van der Waals surface area contributed by atoms with Crippen LogP contribution in [-0.4, -0.2) is 43.7 Å². The largest absolute Gasteiger partial charge is 0.483 e. The Morgan fingerprint density at radius 1 is 1.00 bits per heavy atom. The van der Waals surface area contributed by atoms with E-state index in [0.717, 1.165) is 49.5 Å². The summed E-state index contributed by atoms with van der Waals surface area (Å²) in [6, 6.07) is 11.5. The van der Waals surface area contributed by atoms with E-state index in [1.165, 1.54) is 5.56 Å². The van der Waals surface area contributed by atoms with Crippen LogP contribution in [0, 0.1) is 20.8 Å². The fraction of sp³-hybridized carbons (Fsp3) is 0.360. The summed E-state index contributed by atoms with van der Waals surface area (Å²) < 4.78 is 16.6. The summed E-state index contributed by atoms with van der Waals surface area (Å²) in [4.78, 5) is 26.8. The van der Waals surface area contributed by atoms with Crippen LogP contribution in [0.15, 0.2) is 45.6 Å². The third-order valence-corrected chi connectivity index (χ3v) is 5.93. The van der Waals surface area contributed by atoms with Crippen LogP contribution in [0.25, 0.3) is 11.0 Å². The molecule has 0 bridgehead atoms. The molecular formula is C25H28N2O5. The van der Waals surface area contributed by atoms with Crippen molar-refractivity contribution in [3.05, 3.63) is 69.1 Å². The lowest BCUT2D eigenvalue weighted by atomic mass is 10.0. The Kier molecular flexibility index (Phi) is 6.58. The zero-order chi connectivity index (χ0) is 22.7. The van der Waals surface area contributed by atoms with Gasteiger partial charge in [-0.1, -0.05) is 12.1 Å². The maximum absolute atomic E-state index is 12.4. The molecule has 7 nitrogen and oxygen atoms in total. The van der Waals surface area contributed by atoms with Gasteiger partial charge in [0, 0.05) is 41.8 Å². The van der Waals surface area contributed by atoms with Crippen LogP contribution in [-0.2, 0) is 16.1 Å². The Labute approximate surface area is 186 Å². The summed E-state index contributed by atoms with van der Waals surface area (Å²) in [5, 5.41) is 3.72. The minimum absolute atomic E-state index is 0.142. The van der Waals surface area contributed by atoms with Gasteiger partial charge in [-0.05, 0) is 56.2 Å². The van der Waals surface area contributed by atoms with Gasteiger partial charge in [0.2, 0.25) is 0 Å². The van der Waals surface area contributed by atoms with Gasteiger partial charge >= 0.3 is 5.63 Å². The molecule has 0 aliphatic carbocycles. The number of benzene rings is 2. The molecule has 0 unspecified atom stereocenters. The van der Waals surface area contributed by atoms with Crippen molar-refractivity contribution in [2.75, 3.05) is 38.2 Å². The summed E-state index contributed by atoms with van der Waals surface area (Å²) in [7, 11) is 0. The average Bonchev–Trinajstić information content (AvgIpc) is 2.79. The minimum Gasteiger partial charge on any atom is -0.483 e. The molecule has 0 saturated carbocycles. The lowest BCUT2D eigenvalue weighted by Crippen LogP contribution is -2.35. The van der Waals surface area contributed by atoms with E-state index in [-0.39, 0.29) is 18.1 Å². The predicted octanol–water partition coefficient (Wildman–Crippen LogP) is 3.57. The molecule has 168 valence electrons. The maximum atomic E-state index is 12.4. The monoisotopic (exact) mass is 436 g/mol. The highest BCUT2D eigenvalue weighted by molar-refractivity contribution is 5.92. The number of fused-ring (bicyclic) bond motifs is 1. The third-order valence-electron chi connectivity index (χ3n) is 5.93. The Morgan fingerprint density at radius 2 is 1.72 bits per heavy atom. The van der Waals surface area contributed by atoms with E-state index >= 15 is 0 Å². The molecule has 32 heavy (non-hydrogen) atoms. The predicted molar refractivity (Wildman–Crippen MR) is 123 cm³/mol. The molecule has 1 aromatic heterocycles. The van der Waals surface area contributed by atoms with Crippen LogP contribution in [0.5, 0.6) is 5.75 Å². The zero-order valence-electron chi connectivity index (χ0n) is 18.7. The maximum Gasteiger partial charge on any atom is 0.339 e. The summed E-state index contributed by atoms with van der Waals surface area (Å²) in [5.74, 6) is 0.256. The van der Waals surface area contributed by atoms with Crippen molar-refractivity contribution >= 4 is 22.6 Å². The summed E-state index contributed by atoms with van der Waals surface area (Å²) in [6.45, 7) is 9.62. The van der Waals surface area contributed by atoms with Crippen LogP contribution < -0.4 is 15.7 Å². The van der Waals surface area contributed by atoms with E-state index in [1.807, 2.05) is 44.2 Å². The molecule has 1 fully saturated rings. The first-order valence-electron chi connectivity index (χ1n) is 10.8. The molecule has 2 heterocycles. The smallest absolute Gasteiger partial charge is 0.339 e. The highest BCUT2D eigenvalue weighted by Crippen LogP contribution is 2.29. The number of ether oxygens (including phenoxy) is 2.